The van der Waals surface area contributed by atoms with E-state index >= 15 is 0 Å². The van der Waals surface area contributed by atoms with Gasteiger partial charge >= 0.3 is 0 Å². The summed E-state index contributed by atoms with van der Waals surface area (Å²) in [5.41, 5.74) is 8.66. The average Bonchev–Trinajstić information content (AvgIpc) is 3.42. The fourth-order valence-electron chi connectivity index (χ4n) is 5.24. The molecule has 0 fully saturated rings. The van der Waals surface area contributed by atoms with Crippen molar-refractivity contribution in [1.29, 1.82) is 0 Å². The van der Waals surface area contributed by atoms with Crippen molar-refractivity contribution in [3.63, 3.8) is 0 Å². The monoisotopic (exact) mass is 456 g/mol. The minimum atomic E-state index is 0.0939. The van der Waals surface area contributed by atoms with Crippen molar-refractivity contribution in [2.75, 3.05) is 20.3 Å². The molecule has 3 aromatic rings. The van der Waals surface area contributed by atoms with Gasteiger partial charge in [-0.1, -0.05) is 30.3 Å². The summed E-state index contributed by atoms with van der Waals surface area (Å²) in [6.45, 7) is 10.0. The van der Waals surface area contributed by atoms with Gasteiger partial charge < -0.3 is 18.9 Å². The summed E-state index contributed by atoms with van der Waals surface area (Å²) in [5, 5.41) is 0. The van der Waals surface area contributed by atoms with Crippen molar-refractivity contribution in [2.24, 2.45) is 0 Å². The van der Waals surface area contributed by atoms with Crippen LogP contribution in [-0.4, -0.2) is 26.4 Å². The minimum Gasteiger partial charge on any atom is -0.493 e. The summed E-state index contributed by atoms with van der Waals surface area (Å²) in [7, 11) is 1.72. The maximum absolute atomic E-state index is 6.14. The second-order valence-electron chi connectivity index (χ2n) is 9.29. The molecule has 0 bridgehead atoms. The molecule has 0 spiro atoms. The predicted octanol–water partition coefficient (Wildman–Crippen LogP) is 6.55. The van der Waals surface area contributed by atoms with Crippen LogP contribution in [0.25, 0.3) is 11.1 Å². The smallest absolute Gasteiger partial charge is 0.126 e. The molecule has 0 saturated carbocycles. The van der Waals surface area contributed by atoms with Crippen LogP contribution in [0.2, 0.25) is 0 Å². The van der Waals surface area contributed by atoms with Gasteiger partial charge in [-0.2, -0.15) is 0 Å². The standard InChI is InChI=1S/C30H32O4/c1-5-7-23-17-33-28-15-24(10-11-26(23)28)32-16-21-8-6-9-22(13-21)30-19(2)12-29-27(20(30)3)14-25(34-29)18-31-4/h5-6,8-13,15,23,25H,1,7,14,16-18H2,2-4H3. The zero-order chi connectivity index (χ0) is 23.7. The van der Waals surface area contributed by atoms with E-state index < -0.39 is 0 Å². The van der Waals surface area contributed by atoms with Gasteiger partial charge in [-0.05, 0) is 66.3 Å². The number of allylic oxidation sites excluding steroid dienone is 1. The molecule has 2 aliphatic rings. The first-order valence-electron chi connectivity index (χ1n) is 12.0. The van der Waals surface area contributed by atoms with E-state index in [4.69, 9.17) is 18.9 Å². The maximum Gasteiger partial charge on any atom is 0.126 e. The van der Waals surface area contributed by atoms with Crippen LogP contribution in [0.5, 0.6) is 17.2 Å². The largest absolute Gasteiger partial charge is 0.493 e. The van der Waals surface area contributed by atoms with Crippen molar-refractivity contribution >= 4 is 0 Å². The first-order valence-corrected chi connectivity index (χ1v) is 12.0. The van der Waals surface area contributed by atoms with Gasteiger partial charge in [-0.15, -0.1) is 6.58 Å². The molecule has 0 saturated heterocycles. The van der Waals surface area contributed by atoms with E-state index in [1.807, 2.05) is 18.2 Å². The average molecular weight is 457 g/mol. The van der Waals surface area contributed by atoms with Crippen molar-refractivity contribution in [3.05, 3.63) is 89.0 Å². The van der Waals surface area contributed by atoms with Gasteiger partial charge in [-0.25, -0.2) is 0 Å². The van der Waals surface area contributed by atoms with E-state index in [2.05, 4.69) is 56.8 Å². The topological polar surface area (TPSA) is 36.9 Å². The van der Waals surface area contributed by atoms with Crippen molar-refractivity contribution in [2.45, 2.75) is 45.3 Å². The number of rotatable bonds is 8. The van der Waals surface area contributed by atoms with E-state index in [0.717, 1.165) is 35.7 Å². The molecule has 2 heterocycles. The Kier molecular flexibility index (Phi) is 6.34. The summed E-state index contributed by atoms with van der Waals surface area (Å²) in [4.78, 5) is 0. The first-order chi connectivity index (χ1) is 16.6. The van der Waals surface area contributed by atoms with Crippen molar-refractivity contribution < 1.29 is 18.9 Å². The number of methoxy groups -OCH3 is 1. The molecule has 0 aliphatic carbocycles. The lowest BCUT2D eigenvalue weighted by Gasteiger charge is -2.15. The molecule has 0 aromatic heterocycles. The molecule has 2 atom stereocenters. The van der Waals surface area contributed by atoms with Gasteiger partial charge in [0, 0.05) is 36.6 Å². The first kappa shape index (κ1) is 22.5. The molecule has 2 aliphatic heterocycles. The van der Waals surface area contributed by atoms with Gasteiger partial charge in [0.25, 0.3) is 0 Å². The lowest BCUT2D eigenvalue weighted by Crippen LogP contribution is -2.19. The Hall–Kier alpha value is -3.24. The van der Waals surface area contributed by atoms with Crippen LogP contribution in [-0.2, 0) is 17.8 Å². The molecule has 34 heavy (non-hydrogen) atoms. The highest BCUT2D eigenvalue weighted by Gasteiger charge is 2.27. The Balaban J connectivity index is 1.34. The fourth-order valence-corrected chi connectivity index (χ4v) is 5.24. The third-order valence-electron chi connectivity index (χ3n) is 6.88. The number of hydrogen-bond donors (Lipinski definition) is 0. The third-order valence-corrected chi connectivity index (χ3v) is 6.88. The van der Waals surface area contributed by atoms with Crippen LogP contribution in [0, 0.1) is 13.8 Å². The van der Waals surface area contributed by atoms with E-state index in [-0.39, 0.29) is 6.10 Å². The summed E-state index contributed by atoms with van der Waals surface area (Å²) in [5.74, 6) is 3.15. The van der Waals surface area contributed by atoms with Gasteiger partial charge in [-0.3, -0.25) is 0 Å². The normalized spacial score (nSPS) is 18.1. The highest BCUT2D eigenvalue weighted by Crippen LogP contribution is 2.40. The molecule has 0 N–H and O–H groups in total. The summed E-state index contributed by atoms with van der Waals surface area (Å²) >= 11 is 0. The molecule has 3 aromatic carbocycles. The van der Waals surface area contributed by atoms with Crippen molar-refractivity contribution in [1.82, 2.24) is 0 Å². The van der Waals surface area contributed by atoms with Gasteiger partial charge in [0.15, 0.2) is 0 Å². The molecular weight excluding hydrogens is 424 g/mol. The van der Waals surface area contributed by atoms with Crippen molar-refractivity contribution in [3.8, 4) is 28.4 Å². The van der Waals surface area contributed by atoms with Crippen LogP contribution >= 0.6 is 0 Å². The van der Waals surface area contributed by atoms with Crippen LogP contribution in [0.1, 0.15) is 40.2 Å². The number of benzene rings is 3. The van der Waals surface area contributed by atoms with Crippen LogP contribution in [0.4, 0.5) is 0 Å². The van der Waals surface area contributed by atoms with E-state index in [1.165, 1.54) is 33.4 Å². The number of ether oxygens (including phenoxy) is 4. The Morgan fingerprint density at radius 1 is 1.09 bits per heavy atom. The lowest BCUT2D eigenvalue weighted by atomic mass is 9.90. The van der Waals surface area contributed by atoms with E-state index in [0.29, 0.717) is 25.7 Å². The zero-order valence-electron chi connectivity index (χ0n) is 20.2. The summed E-state index contributed by atoms with van der Waals surface area (Å²) < 4.78 is 23.4. The molecule has 5 rings (SSSR count). The molecule has 2 unspecified atom stereocenters. The Bertz CT molecular complexity index is 1210. The van der Waals surface area contributed by atoms with Gasteiger partial charge in [0.1, 0.15) is 30.0 Å². The summed E-state index contributed by atoms with van der Waals surface area (Å²) in [6.07, 6.45) is 3.87. The highest BCUT2D eigenvalue weighted by atomic mass is 16.5. The molecular formula is C30H32O4. The highest BCUT2D eigenvalue weighted by molar-refractivity contribution is 5.75. The number of aryl methyl sites for hydroxylation is 1. The van der Waals surface area contributed by atoms with E-state index in [9.17, 15) is 0 Å². The van der Waals surface area contributed by atoms with Gasteiger partial charge in [0.2, 0.25) is 0 Å². The molecule has 4 nitrogen and oxygen atoms in total. The fraction of sp³-hybridized carbons (Fsp3) is 0.333. The quantitative estimate of drug-likeness (QED) is 0.360. The summed E-state index contributed by atoms with van der Waals surface area (Å²) in [6, 6.07) is 17.0. The van der Waals surface area contributed by atoms with Crippen LogP contribution < -0.4 is 14.2 Å². The number of hydrogen-bond acceptors (Lipinski definition) is 4. The molecule has 4 heteroatoms. The Morgan fingerprint density at radius 2 is 1.97 bits per heavy atom. The predicted molar refractivity (Wildman–Crippen MR) is 135 cm³/mol. The van der Waals surface area contributed by atoms with Crippen LogP contribution in [0.15, 0.2) is 61.2 Å². The second-order valence-corrected chi connectivity index (χ2v) is 9.29. The third kappa shape index (κ3) is 4.30. The molecule has 0 amide bonds. The Labute approximate surface area is 202 Å². The molecule has 0 radical (unpaired) electrons. The second kappa shape index (κ2) is 9.55. The molecule has 176 valence electrons. The maximum atomic E-state index is 6.14. The minimum absolute atomic E-state index is 0.0939. The lowest BCUT2D eigenvalue weighted by molar-refractivity contribution is 0.0951. The SMILES string of the molecule is C=CCC1COc2cc(OCc3cccc(-c4c(C)cc5c(c4C)CC(COC)O5)c3)ccc21. The van der Waals surface area contributed by atoms with E-state index in [1.54, 1.807) is 7.11 Å². The Morgan fingerprint density at radius 3 is 2.79 bits per heavy atom. The van der Waals surface area contributed by atoms with Crippen LogP contribution in [0.3, 0.4) is 0 Å². The zero-order valence-corrected chi connectivity index (χ0v) is 20.2. The van der Waals surface area contributed by atoms with Gasteiger partial charge in [0.05, 0.1) is 13.2 Å². The number of fused-ring (bicyclic) bond motifs is 2.